The lowest BCUT2D eigenvalue weighted by Crippen LogP contribution is -2.24. The van der Waals surface area contributed by atoms with Gasteiger partial charge in [-0.1, -0.05) is 53.9 Å². The van der Waals surface area contributed by atoms with E-state index >= 15 is 0 Å². The van der Waals surface area contributed by atoms with Crippen molar-refractivity contribution in [1.29, 1.82) is 0 Å². The number of carbonyl (C=O) groups is 1. The van der Waals surface area contributed by atoms with Crippen molar-refractivity contribution in [3.8, 4) is 11.5 Å². The Hall–Kier alpha value is -1.95. The molecule has 26 heavy (non-hydrogen) atoms. The molecule has 0 aliphatic heterocycles. The van der Waals surface area contributed by atoms with Gasteiger partial charge in [-0.05, 0) is 30.7 Å². The average Bonchev–Trinajstić information content (AvgIpc) is 2.60. The van der Waals surface area contributed by atoms with Crippen molar-refractivity contribution in [2.24, 2.45) is 5.10 Å². The first-order chi connectivity index (χ1) is 12.5. The highest BCUT2D eigenvalue weighted by Gasteiger charge is 2.11. The Labute approximate surface area is 166 Å². The third-order valence-corrected chi connectivity index (χ3v) is 3.86. The number of nitrogens with one attached hydrogen (secondary N) is 1. The molecular weight excluding hydrogens is 399 g/mol. The molecule has 2 aromatic rings. The zero-order valence-corrected chi connectivity index (χ0v) is 16.2. The maximum atomic E-state index is 11.9. The van der Waals surface area contributed by atoms with Crippen molar-refractivity contribution in [3.63, 3.8) is 0 Å². The Balaban J connectivity index is 1.90. The fourth-order valence-corrected chi connectivity index (χ4v) is 2.87. The van der Waals surface area contributed by atoms with E-state index in [1.54, 1.807) is 0 Å². The number of nitrogens with zero attached hydrogens (tertiary/aromatic N) is 1. The topological polar surface area (TPSA) is 59.9 Å². The Kier molecular flexibility index (Phi) is 8.04. The number of hydrogen-bond donors (Lipinski definition) is 1. The Morgan fingerprint density at radius 1 is 1.15 bits per heavy atom. The minimum Gasteiger partial charge on any atom is -0.493 e. The fraction of sp³-hybridized carbons (Fsp3) is 0.222. The van der Waals surface area contributed by atoms with Crippen molar-refractivity contribution in [2.45, 2.75) is 13.3 Å². The van der Waals surface area contributed by atoms with Gasteiger partial charge in [-0.15, -0.1) is 0 Å². The normalized spacial score (nSPS) is 10.8. The van der Waals surface area contributed by atoms with E-state index in [0.717, 1.165) is 12.0 Å². The van der Waals surface area contributed by atoms with Gasteiger partial charge >= 0.3 is 0 Å². The van der Waals surface area contributed by atoms with E-state index in [1.165, 1.54) is 18.3 Å². The molecule has 0 aliphatic rings. The van der Waals surface area contributed by atoms with Gasteiger partial charge in [0.15, 0.2) is 12.4 Å². The van der Waals surface area contributed by atoms with Crippen LogP contribution in [-0.2, 0) is 4.79 Å². The lowest BCUT2D eigenvalue weighted by Gasteiger charge is -2.09. The van der Waals surface area contributed by atoms with Crippen LogP contribution in [-0.4, -0.2) is 25.3 Å². The molecule has 0 aromatic heterocycles. The standard InChI is InChI=1S/C18H17Cl3N2O3/c1-2-7-25-16-6-4-3-5-12(16)10-22-23-17(24)11-26-18-14(20)8-13(19)9-15(18)21/h3-6,8-10H,2,7,11H2,1H3,(H,23,24)/b22-10-. The summed E-state index contributed by atoms with van der Waals surface area (Å²) in [4.78, 5) is 11.9. The summed E-state index contributed by atoms with van der Waals surface area (Å²) in [5.41, 5.74) is 3.13. The number of para-hydroxylation sites is 1. The van der Waals surface area contributed by atoms with Gasteiger partial charge in [-0.25, -0.2) is 5.43 Å². The second-order valence-electron chi connectivity index (χ2n) is 5.17. The molecule has 0 atom stereocenters. The van der Waals surface area contributed by atoms with E-state index in [-0.39, 0.29) is 22.4 Å². The summed E-state index contributed by atoms with van der Waals surface area (Å²) in [6.07, 6.45) is 2.40. The smallest absolute Gasteiger partial charge is 0.277 e. The highest BCUT2D eigenvalue weighted by molar-refractivity contribution is 6.40. The Bertz CT molecular complexity index is 774. The Morgan fingerprint density at radius 3 is 2.54 bits per heavy atom. The number of amides is 1. The van der Waals surface area contributed by atoms with Crippen molar-refractivity contribution in [1.82, 2.24) is 5.43 Å². The number of rotatable bonds is 8. The van der Waals surface area contributed by atoms with Crippen LogP contribution in [0, 0.1) is 0 Å². The van der Waals surface area contributed by atoms with Gasteiger partial charge in [-0.3, -0.25) is 4.79 Å². The molecule has 0 spiro atoms. The van der Waals surface area contributed by atoms with Gasteiger partial charge < -0.3 is 9.47 Å². The first-order valence-corrected chi connectivity index (χ1v) is 8.95. The van der Waals surface area contributed by atoms with Crippen LogP contribution in [0.3, 0.4) is 0 Å². The van der Waals surface area contributed by atoms with Gasteiger partial charge in [0.1, 0.15) is 5.75 Å². The number of ether oxygens (including phenoxy) is 2. The van der Waals surface area contributed by atoms with Crippen LogP contribution in [0.4, 0.5) is 0 Å². The molecule has 8 heteroatoms. The molecule has 0 saturated heterocycles. The number of carbonyl (C=O) groups excluding carboxylic acids is 1. The molecule has 138 valence electrons. The molecule has 1 N–H and O–H groups in total. The van der Waals surface area contributed by atoms with Crippen LogP contribution >= 0.6 is 34.8 Å². The van der Waals surface area contributed by atoms with Crippen molar-refractivity contribution >= 4 is 46.9 Å². The third kappa shape index (κ3) is 6.09. The first-order valence-electron chi connectivity index (χ1n) is 7.82. The first kappa shape index (κ1) is 20.4. The van der Waals surface area contributed by atoms with Crippen LogP contribution in [0.25, 0.3) is 0 Å². The summed E-state index contributed by atoms with van der Waals surface area (Å²) in [6.45, 7) is 2.33. The van der Waals surface area contributed by atoms with Crippen LogP contribution in [0.2, 0.25) is 15.1 Å². The van der Waals surface area contributed by atoms with Gasteiger partial charge in [0.05, 0.1) is 22.9 Å². The SMILES string of the molecule is CCCOc1ccccc1/C=N\NC(=O)COc1c(Cl)cc(Cl)cc1Cl. The van der Waals surface area contributed by atoms with Crippen LogP contribution in [0.15, 0.2) is 41.5 Å². The number of halogens is 3. The predicted molar refractivity (Wildman–Crippen MR) is 105 cm³/mol. The summed E-state index contributed by atoms with van der Waals surface area (Å²) >= 11 is 17.8. The molecule has 0 heterocycles. The number of hydrazone groups is 1. The largest absolute Gasteiger partial charge is 0.493 e. The van der Waals surface area contributed by atoms with Gasteiger partial charge in [0, 0.05) is 10.6 Å². The zero-order valence-electron chi connectivity index (χ0n) is 14.0. The predicted octanol–water partition coefficient (Wildman–Crippen LogP) is 4.96. The van der Waals surface area contributed by atoms with Gasteiger partial charge in [0.25, 0.3) is 5.91 Å². The Morgan fingerprint density at radius 2 is 1.85 bits per heavy atom. The molecule has 1 amide bonds. The lowest BCUT2D eigenvalue weighted by atomic mass is 10.2. The van der Waals surface area contributed by atoms with Crippen LogP contribution in [0.1, 0.15) is 18.9 Å². The van der Waals surface area contributed by atoms with E-state index in [1.807, 2.05) is 31.2 Å². The highest BCUT2D eigenvalue weighted by atomic mass is 35.5. The van der Waals surface area contributed by atoms with Gasteiger partial charge in [0.2, 0.25) is 0 Å². The summed E-state index contributed by atoms with van der Waals surface area (Å²) in [5.74, 6) is 0.425. The van der Waals surface area contributed by atoms with Crippen molar-refractivity contribution in [2.75, 3.05) is 13.2 Å². The molecular formula is C18H17Cl3N2O3. The second kappa shape index (κ2) is 10.3. The fourth-order valence-electron chi connectivity index (χ4n) is 1.94. The van der Waals surface area contributed by atoms with E-state index in [4.69, 9.17) is 44.3 Å². The summed E-state index contributed by atoms with van der Waals surface area (Å²) in [6, 6.07) is 10.4. The number of hydrogen-bond acceptors (Lipinski definition) is 4. The summed E-state index contributed by atoms with van der Waals surface area (Å²) in [7, 11) is 0. The van der Waals surface area contributed by atoms with E-state index in [9.17, 15) is 4.79 Å². The van der Waals surface area contributed by atoms with Crippen molar-refractivity contribution in [3.05, 3.63) is 57.0 Å². The third-order valence-electron chi connectivity index (χ3n) is 3.08. The molecule has 0 bridgehead atoms. The molecule has 0 fully saturated rings. The van der Waals surface area contributed by atoms with E-state index < -0.39 is 5.91 Å². The monoisotopic (exact) mass is 414 g/mol. The minimum absolute atomic E-state index is 0.190. The van der Waals surface area contributed by atoms with Crippen molar-refractivity contribution < 1.29 is 14.3 Å². The molecule has 2 aromatic carbocycles. The second-order valence-corrected chi connectivity index (χ2v) is 6.42. The van der Waals surface area contributed by atoms with E-state index in [0.29, 0.717) is 17.4 Å². The maximum absolute atomic E-state index is 11.9. The molecule has 0 saturated carbocycles. The minimum atomic E-state index is -0.463. The highest BCUT2D eigenvalue weighted by Crippen LogP contribution is 2.35. The van der Waals surface area contributed by atoms with Crippen LogP contribution in [0.5, 0.6) is 11.5 Å². The summed E-state index contributed by atoms with van der Waals surface area (Å²) in [5, 5.41) is 4.74. The maximum Gasteiger partial charge on any atom is 0.277 e. The van der Waals surface area contributed by atoms with Crippen LogP contribution < -0.4 is 14.9 Å². The quantitative estimate of drug-likeness (QED) is 0.489. The van der Waals surface area contributed by atoms with Gasteiger partial charge in [-0.2, -0.15) is 5.10 Å². The summed E-state index contributed by atoms with van der Waals surface area (Å²) < 4.78 is 10.9. The molecule has 0 radical (unpaired) electrons. The molecule has 5 nitrogen and oxygen atoms in total. The zero-order chi connectivity index (χ0) is 18.9. The van der Waals surface area contributed by atoms with E-state index in [2.05, 4.69) is 10.5 Å². The number of benzene rings is 2. The lowest BCUT2D eigenvalue weighted by molar-refractivity contribution is -0.123. The molecule has 0 unspecified atom stereocenters. The molecule has 2 rings (SSSR count). The average molecular weight is 416 g/mol. The molecule has 0 aliphatic carbocycles.